The highest BCUT2D eigenvalue weighted by atomic mass is 32.2. The molecule has 264 valence electrons. The second kappa shape index (κ2) is 14.3. The summed E-state index contributed by atoms with van der Waals surface area (Å²) in [5.74, 6) is 0.495. The predicted molar refractivity (Wildman–Crippen MR) is 181 cm³/mol. The highest BCUT2D eigenvalue weighted by Crippen LogP contribution is 2.28. The molecule has 50 heavy (non-hydrogen) atoms. The Hall–Kier alpha value is -5.26. The van der Waals surface area contributed by atoms with Crippen LogP contribution in [0, 0.1) is 0 Å². The van der Waals surface area contributed by atoms with Crippen molar-refractivity contribution >= 4 is 79.5 Å². The first-order chi connectivity index (χ1) is 23.8. The Morgan fingerprint density at radius 2 is 1.10 bits per heavy atom. The molecule has 0 spiro atoms. The number of rotatable bonds is 10. The summed E-state index contributed by atoms with van der Waals surface area (Å²) >= 11 is 0. The Bertz CT molecular complexity index is 1990. The van der Waals surface area contributed by atoms with Gasteiger partial charge in [0.15, 0.2) is 0 Å². The van der Waals surface area contributed by atoms with Gasteiger partial charge >= 0.3 is 0 Å². The summed E-state index contributed by atoms with van der Waals surface area (Å²) in [4.78, 5) is 27.7. The van der Waals surface area contributed by atoms with E-state index >= 15 is 0 Å². The van der Waals surface area contributed by atoms with Gasteiger partial charge in [-0.1, -0.05) is 24.3 Å². The fraction of sp³-hybridized carbons (Fsp3) is 0.286. The first-order valence-corrected chi connectivity index (χ1v) is 17.8. The van der Waals surface area contributed by atoms with E-state index in [0.29, 0.717) is 64.5 Å². The number of nitrogens with zero attached hydrogens (tertiary/aromatic N) is 8. The number of anilines is 8. The van der Waals surface area contributed by atoms with Crippen molar-refractivity contribution in [2.75, 3.05) is 84.5 Å². The molecule has 2 fully saturated rings. The highest BCUT2D eigenvalue weighted by molar-refractivity contribution is 7.86. The molecule has 0 unspecified atom stereocenters. The number of morpholine rings is 2. The van der Waals surface area contributed by atoms with Crippen LogP contribution in [0.4, 0.5) is 47.1 Å². The first-order valence-electron chi connectivity index (χ1n) is 14.9. The number of hydrogen-bond donors (Lipinski definition) is 5. The molecule has 2 aromatic heterocycles. The van der Waals surface area contributed by atoms with Crippen LogP contribution >= 0.6 is 0 Å². The summed E-state index contributed by atoms with van der Waals surface area (Å²) in [5.41, 5.74) is 12.0. The first kappa shape index (κ1) is 34.6. The van der Waals surface area contributed by atoms with Gasteiger partial charge in [0.25, 0.3) is 10.1 Å². The van der Waals surface area contributed by atoms with Crippen molar-refractivity contribution in [3.8, 4) is 0 Å². The van der Waals surface area contributed by atoms with Gasteiger partial charge in [0, 0.05) is 37.6 Å². The maximum absolute atomic E-state index is 12.4. The van der Waals surface area contributed by atoms with E-state index in [1.165, 1.54) is 36.4 Å². The Balaban J connectivity index is 1.26. The number of aromatic nitrogens is 6. The molecule has 0 amide bonds. The molecule has 4 aromatic rings. The van der Waals surface area contributed by atoms with Crippen molar-refractivity contribution in [3.63, 3.8) is 0 Å². The lowest BCUT2D eigenvalue weighted by Gasteiger charge is -2.26. The van der Waals surface area contributed by atoms with E-state index in [4.69, 9.17) is 20.9 Å². The van der Waals surface area contributed by atoms with Crippen LogP contribution in [0.5, 0.6) is 0 Å². The smallest absolute Gasteiger partial charge is 0.295 e. The SMILES string of the molecule is Nc1nc(Nc2ccc(/C=C/c3ccc(Nc4nc(N)nc(N5CCOCC5)n4)cc3S(=O)(=O)O)c(S(=O)(=O)[O-])c2)nc(N2CCOCC2)n1. The number of benzene rings is 2. The van der Waals surface area contributed by atoms with Gasteiger partial charge in [0.05, 0.1) is 31.3 Å². The van der Waals surface area contributed by atoms with E-state index in [1.54, 1.807) is 0 Å². The quantitative estimate of drug-likeness (QED) is 0.111. The van der Waals surface area contributed by atoms with Crippen LogP contribution < -0.4 is 31.9 Å². The molecule has 0 saturated carbocycles. The molecule has 0 atom stereocenters. The van der Waals surface area contributed by atoms with Gasteiger partial charge in [0.1, 0.15) is 15.0 Å². The predicted octanol–water partition coefficient (Wildman–Crippen LogP) is 0.703. The summed E-state index contributed by atoms with van der Waals surface area (Å²) < 4.78 is 82.4. The molecule has 6 rings (SSSR count). The van der Waals surface area contributed by atoms with Crippen LogP contribution in [0.15, 0.2) is 46.2 Å². The molecule has 4 heterocycles. The molecule has 0 bridgehead atoms. The fourth-order valence-corrected chi connectivity index (χ4v) is 6.47. The Morgan fingerprint density at radius 3 is 1.52 bits per heavy atom. The zero-order chi connectivity index (χ0) is 35.5. The molecule has 2 aromatic carbocycles. The van der Waals surface area contributed by atoms with Gasteiger partial charge in [-0.15, -0.1) is 0 Å². The Labute approximate surface area is 286 Å². The van der Waals surface area contributed by atoms with E-state index < -0.39 is 30.0 Å². The van der Waals surface area contributed by atoms with E-state index in [9.17, 15) is 25.9 Å². The third-order valence-corrected chi connectivity index (χ3v) is 9.20. The van der Waals surface area contributed by atoms with Crippen LogP contribution in [0.1, 0.15) is 11.1 Å². The van der Waals surface area contributed by atoms with Gasteiger partial charge in [0.2, 0.25) is 35.7 Å². The molecule has 22 heteroatoms. The van der Waals surface area contributed by atoms with Crippen LogP contribution in [-0.2, 0) is 29.7 Å². The monoisotopic (exact) mass is 727 g/mol. The van der Waals surface area contributed by atoms with E-state index in [1.807, 2.05) is 9.80 Å². The lowest BCUT2D eigenvalue weighted by Crippen LogP contribution is -2.37. The maximum atomic E-state index is 12.4. The number of nitrogens with two attached hydrogens (primary N) is 2. The lowest BCUT2D eigenvalue weighted by atomic mass is 10.1. The molecule has 0 aliphatic carbocycles. The van der Waals surface area contributed by atoms with Crippen molar-refractivity contribution in [2.24, 2.45) is 0 Å². The number of nitrogens with one attached hydrogen (secondary N) is 2. The average molecular weight is 728 g/mol. The van der Waals surface area contributed by atoms with E-state index in [0.717, 1.165) is 12.1 Å². The molecule has 2 saturated heterocycles. The molecule has 2 aliphatic heterocycles. The van der Waals surface area contributed by atoms with Crippen molar-refractivity contribution in [1.29, 1.82) is 0 Å². The van der Waals surface area contributed by atoms with Crippen molar-refractivity contribution in [1.82, 2.24) is 29.9 Å². The number of hydrogen-bond acceptors (Lipinski definition) is 19. The standard InChI is InChI=1S/C28H32N12O8S2/c29-23-33-25(37-27(35-23)39-7-11-47-12-8-39)31-19-5-3-17(21(15-19)49(41,42)43)1-2-18-4-6-20(16-22(18)50(44,45)46)32-26-34-24(30)36-28(38-26)40-9-13-48-14-10-40/h1-6,15-16H,7-14H2,(H,41,42,43)(H,44,45,46)(H3,29,31,33,35,37)(H3,30,32,34,36,38)/p-1/b2-1+. The number of ether oxygens (including phenoxy) is 2. The fourth-order valence-electron chi connectivity index (χ4n) is 5.06. The summed E-state index contributed by atoms with van der Waals surface area (Å²) in [6.45, 7) is 4.07. The Kier molecular flexibility index (Phi) is 9.90. The number of nitrogen functional groups attached to an aromatic ring is 2. The minimum atomic E-state index is -5.04. The summed E-state index contributed by atoms with van der Waals surface area (Å²) in [6.07, 6.45) is 2.47. The van der Waals surface area contributed by atoms with Gasteiger partial charge < -0.3 is 45.9 Å². The van der Waals surface area contributed by atoms with Gasteiger partial charge in [-0.05, 0) is 35.4 Å². The van der Waals surface area contributed by atoms with Crippen LogP contribution in [-0.4, -0.2) is 108 Å². The molecular weight excluding hydrogens is 697 g/mol. The summed E-state index contributed by atoms with van der Waals surface area (Å²) in [5, 5.41) is 5.70. The lowest BCUT2D eigenvalue weighted by molar-refractivity contribution is 0.122. The molecule has 0 radical (unpaired) electrons. The van der Waals surface area contributed by atoms with Crippen LogP contribution in [0.2, 0.25) is 0 Å². The van der Waals surface area contributed by atoms with E-state index in [2.05, 4.69) is 40.5 Å². The maximum Gasteiger partial charge on any atom is 0.295 e. The average Bonchev–Trinajstić information content (AvgIpc) is 3.07. The summed E-state index contributed by atoms with van der Waals surface area (Å²) in [7, 11) is -9.84. The van der Waals surface area contributed by atoms with Crippen LogP contribution in [0.3, 0.4) is 0 Å². The Morgan fingerprint density at radius 1 is 0.680 bits per heavy atom. The van der Waals surface area contributed by atoms with E-state index in [-0.39, 0.29) is 46.3 Å². The zero-order valence-electron chi connectivity index (χ0n) is 26.1. The van der Waals surface area contributed by atoms with Gasteiger partial charge in [-0.3, -0.25) is 4.55 Å². The normalized spacial score (nSPS) is 15.7. The third-order valence-electron chi connectivity index (χ3n) is 7.40. The minimum Gasteiger partial charge on any atom is -0.744 e. The zero-order valence-corrected chi connectivity index (χ0v) is 27.8. The molecule has 2 aliphatic rings. The van der Waals surface area contributed by atoms with Crippen molar-refractivity contribution < 1.29 is 35.4 Å². The second-order valence-corrected chi connectivity index (χ2v) is 13.6. The van der Waals surface area contributed by atoms with Gasteiger partial charge in [-0.25, -0.2) is 8.42 Å². The third kappa shape index (κ3) is 8.47. The second-order valence-electron chi connectivity index (χ2n) is 10.9. The van der Waals surface area contributed by atoms with Crippen LogP contribution in [0.25, 0.3) is 12.2 Å². The molecule has 7 N–H and O–H groups in total. The van der Waals surface area contributed by atoms with Crippen molar-refractivity contribution in [3.05, 3.63) is 47.5 Å². The molecule has 20 nitrogen and oxygen atoms in total. The summed E-state index contributed by atoms with van der Waals surface area (Å²) in [6, 6.07) is 7.84. The highest BCUT2D eigenvalue weighted by Gasteiger charge is 2.20. The molecular formula is C28H31N12O8S2-. The minimum absolute atomic E-state index is 0.0141. The largest absolute Gasteiger partial charge is 0.744 e. The van der Waals surface area contributed by atoms with Crippen molar-refractivity contribution in [2.45, 2.75) is 9.79 Å². The van der Waals surface area contributed by atoms with Gasteiger partial charge in [-0.2, -0.15) is 38.3 Å². The topological polar surface area (TPSA) is 290 Å².